The quantitative estimate of drug-likeness (QED) is 0.138. The van der Waals surface area contributed by atoms with Gasteiger partial charge in [0.25, 0.3) is 8.32 Å². The summed E-state index contributed by atoms with van der Waals surface area (Å²) in [5, 5.41) is 2.24. The van der Waals surface area contributed by atoms with Crippen LogP contribution in [0.4, 0.5) is 0 Å². The normalized spacial score (nSPS) is 22.3. The van der Waals surface area contributed by atoms with E-state index in [4.69, 9.17) is 28.1 Å². The number of ether oxygens (including phenoxy) is 5. The summed E-state index contributed by atoms with van der Waals surface area (Å²) < 4.78 is 35.5. The molecule has 0 amide bonds. The molecule has 0 aromatic heterocycles. The molecule has 8 heteroatoms. The highest BCUT2D eigenvalue weighted by atomic mass is 28.4. The summed E-state index contributed by atoms with van der Waals surface area (Å²) in [6.07, 6.45) is 9.67. The molecule has 2 aromatic rings. The molecule has 1 aliphatic rings. The highest BCUT2D eigenvalue weighted by Crippen LogP contribution is 2.37. The predicted octanol–water partition coefficient (Wildman–Crippen LogP) is 5.53. The highest BCUT2D eigenvalue weighted by Gasteiger charge is 2.50. The SMILES string of the molecule is COCO[C@H]1/C=C/[C@H](OCOC)C/C=C\CCCC(=O)O[C@@H]1CCO[Si](c1ccccc1)(c1ccccc1)C(C)(C)C. The lowest BCUT2D eigenvalue weighted by Gasteiger charge is -2.43. The van der Waals surface area contributed by atoms with Crippen molar-refractivity contribution in [3.05, 3.63) is 85.0 Å². The van der Waals surface area contributed by atoms with Crippen molar-refractivity contribution in [1.82, 2.24) is 0 Å². The van der Waals surface area contributed by atoms with E-state index in [2.05, 4.69) is 81.5 Å². The van der Waals surface area contributed by atoms with Gasteiger partial charge >= 0.3 is 5.97 Å². The Hall–Kier alpha value is -2.59. The molecule has 0 saturated carbocycles. The van der Waals surface area contributed by atoms with E-state index in [-0.39, 0.29) is 30.7 Å². The summed E-state index contributed by atoms with van der Waals surface area (Å²) >= 11 is 0. The maximum Gasteiger partial charge on any atom is 0.306 e. The van der Waals surface area contributed by atoms with Gasteiger partial charge in [0.15, 0.2) is 0 Å². The first kappa shape index (κ1) is 33.9. The van der Waals surface area contributed by atoms with E-state index in [1.54, 1.807) is 14.2 Å². The van der Waals surface area contributed by atoms with Crippen molar-refractivity contribution in [2.45, 2.75) is 76.2 Å². The molecule has 7 nitrogen and oxygen atoms in total. The maximum absolute atomic E-state index is 13.0. The second-order valence-corrected chi connectivity index (χ2v) is 15.8. The zero-order valence-electron chi connectivity index (χ0n) is 25.8. The summed E-state index contributed by atoms with van der Waals surface area (Å²) in [5.41, 5.74) is 0. The van der Waals surface area contributed by atoms with Crippen molar-refractivity contribution in [2.24, 2.45) is 0 Å². The van der Waals surface area contributed by atoms with E-state index < -0.39 is 20.5 Å². The lowest BCUT2D eigenvalue weighted by molar-refractivity contribution is -0.162. The Bertz CT molecular complexity index is 1060. The van der Waals surface area contributed by atoms with Crippen molar-refractivity contribution in [2.75, 3.05) is 34.4 Å². The van der Waals surface area contributed by atoms with Crippen molar-refractivity contribution in [3.63, 3.8) is 0 Å². The van der Waals surface area contributed by atoms with Crippen LogP contribution < -0.4 is 10.4 Å². The number of carbonyl (C=O) groups is 1. The Morgan fingerprint density at radius 2 is 1.48 bits per heavy atom. The third-order valence-electron chi connectivity index (χ3n) is 7.37. The van der Waals surface area contributed by atoms with Crippen LogP contribution in [-0.2, 0) is 32.9 Å². The summed E-state index contributed by atoms with van der Waals surface area (Å²) in [7, 11) is 0.425. The molecule has 0 bridgehead atoms. The monoisotopic (exact) mass is 596 g/mol. The first-order valence-corrected chi connectivity index (χ1v) is 16.7. The zero-order valence-corrected chi connectivity index (χ0v) is 26.8. The lowest BCUT2D eigenvalue weighted by Crippen LogP contribution is -2.66. The minimum atomic E-state index is -2.75. The third-order valence-corrected chi connectivity index (χ3v) is 12.4. The van der Waals surface area contributed by atoms with E-state index >= 15 is 0 Å². The summed E-state index contributed by atoms with van der Waals surface area (Å²) in [6.45, 7) is 7.37. The minimum Gasteiger partial charge on any atom is -0.459 e. The van der Waals surface area contributed by atoms with Gasteiger partial charge in [0.1, 0.15) is 25.8 Å². The number of methoxy groups -OCH3 is 2. The number of rotatable bonds is 12. The second kappa shape index (κ2) is 17.5. The van der Waals surface area contributed by atoms with Crippen LogP contribution in [0, 0.1) is 0 Å². The zero-order chi connectivity index (χ0) is 30.3. The molecular weight excluding hydrogens is 548 g/mol. The van der Waals surface area contributed by atoms with Gasteiger partial charge in [-0.25, -0.2) is 0 Å². The van der Waals surface area contributed by atoms with Gasteiger partial charge in [0.05, 0.1) is 6.10 Å². The van der Waals surface area contributed by atoms with E-state index in [9.17, 15) is 4.79 Å². The lowest BCUT2D eigenvalue weighted by atomic mass is 10.1. The summed E-state index contributed by atoms with van der Waals surface area (Å²) in [6, 6.07) is 21.0. The number of allylic oxidation sites excluding steroid dienone is 1. The van der Waals surface area contributed by atoms with Crippen molar-refractivity contribution in [3.8, 4) is 0 Å². The molecule has 0 saturated heterocycles. The molecule has 42 heavy (non-hydrogen) atoms. The van der Waals surface area contributed by atoms with Gasteiger partial charge in [-0.05, 0) is 34.7 Å². The van der Waals surface area contributed by atoms with Crippen molar-refractivity contribution >= 4 is 24.7 Å². The summed E-state index contributed by atoms with van der Waals surface area (Å²) in [4.78, 5) is 13.0. The molecular formula is C34H48O7Si. The smallest absolute Gasteiger partial charge is 0.306 e. The van der Waals surface area contributed by atoms with Gasteiger partial charge in [-0.15, -0.1) is 0 Å². The number of benzene rings is 2. The number of hydrogen-bond acceptors (Lipinski definition) is 7. The molecule has 1 heterocycles. The molecule has 0 radical (unpaired) electrons. The fraction of sp³-hybridized carbons (Fsp3) is 0.500. The third kappa shape index (κ3) is 9.72. The van der Waals surface area contributed by atoms with Gasteiger partial charge < -0.3 is 28.1 Å². The first-order valence-electron chi connectivity index (χ1n) is 14.8. The Morgan fingerprint density at radius 1 is 0.857 bits per heavy atom. The molecule has 0 aliphatic carbocycles. The maximum atomic E-state index is 13.0. The van der Waals surface area contributed by atoms with Gasteiger partial charge in [-0.1, -0.05) is 106 Å². The van der Waals surface area contributed by atoms with Gasteiger partial charge in [-0.3, -0.25) is 4.79 Å². The number of hydrogen-bond donors (Lipinski definition) is 0. The Balaban J connectivity index is 1.93. The van der Waals surface area contributed by atoms with Gasteiger partial charge in [0.2, 0.25) is 0 Å². The second-order valence-electron chi connectivity index (χ2n) is 11.5. The van der Waals surface area contributed by atoms with E-state index in [1.165, 1.54) is 10.4 Å². The molecule has 0 fully saturated rings. The van der Waals surface area contributed by atoms with E-state index in [1.807, 2.05) is 24.3 Å². The van der Waals surface area contributed by atoms with E-state index in [0.29, 0.717) is 32.3 Å². The average Bonchev–Trinajstić information content (AvgIpc) is 3.00. The number of cyclic esters (lactones) is 1. The van der Waals surface area contributed by atoms with E-state index in [0.717, 1.165) is 6.42 Å². The Morgan fingerprint density at radius 3 is 2.07 bits per heavy atom. The number of carbonyl (C=O) groups excluding carboxylic acids is 1. The van der Waals surface area contributed by atoms with Crippen LogP contribution in [0.25, 0.3) is 0 Å². The molecule has 0 N–H and O–H groups in total. The van der Waals surface area contributed by atoms with Crippen molar-refractivity contribution in [1.29, 1.82) is 0 Å². The molecule has 0 spiro atoms. The largest absolute Gasteiger partial charge is 0.459 e. The number of esters is 1. The minimum absolute atomic E-state index is 0.0577. The van der Waals surface area contributed by atoms with Crippen LogP contribution in [0.3, 0.4) is 0 Å². The molecule has 0 unspecified atom stereocenters. The standard InChI is InChI=1S/C34H48O7Si/c1-34(2,3)42(29-17-11-8-12-18-29,30-19-13-9-14-20-30)40-25-24-32-31(39-27-37-5)23-22-28(38-26-36-4)16-10-6-7-15-21-33(35)41-32/h6,8-14,17-20,22-23,28,31-32H,7,15-16,21,24-27H2,1-5H3/b10-6-,23-22+/t28-,31+,32-/m1/s1. The fourth-order valence-electron chi connectivity index (χ4n) is 5.34. The van der Waals surface area contributed by atoms with Gasteiger partial charge in [-0.2, -0.15) is 0 Å². The molecule has 2 aromatic carbocycles. The van der Waals surface area contributed by atoms with Crippen LogP contribution in [0.15, 0.2) is 85.0 Å². The molecule has 3 rings (SSSR count). The summed E-state index contributed by atoms with van der Waals surface area (Å²) in [5.74, 6) is -0.246. The van der Waals surface area contributed by atoms with Crippen molar-refractivity contribution < 1.29 is 32.9 Å². The molecule has 3 atom stereocenters. The van der Waals surface area contributed by atoms with Crippen LogP contribution in [-0.4, -0.2) is 67.0 Å². The first-order chi connectivity index (χ1) is 20.3. The highest BCUT2D eigenvalue weighted by molar-refractivity contribution is 6.99. The van der Waals surface area contributed by atoms with Crippen LogP contribution in [0.1, 0.15) is 52.9 Å². The van der Waals surface area contributed by atoms with Crippen LogP contribution in [0.5, 0.6) is 0 Å². The fourth-order valence-corrected chi connectivity index (χ4v) is 9.92. The Labute approximate surface area is 252 Å². The van der Waals surface area contributed by atoms with Gasteiger partial charge in [0, 0.05) is 33.7 Å². The molecule has 230 valence electrons. The predicted molar refractivity (Wildman–Crippen MR) is 168 cm³/mol. The topological polar surface area (TPSA) is 72.5 Å². The average molecular weight is 597 g/mol. The van der Waals surface area contributed by atoms with Crippen LogP contribution >= 0.6 is 0 Å². The van der Waals surface area contributed by atoms with Crippen LogP contribution in [0.2, 0.25) is 5.04 Å². The Kier molecular flexibility index (Phi) is 14.1. The molecule has 1 aliphatic heterocycles.